The third kappa shape index (κ3) is 2.56. The van der Waals surface area contributed by atoms with Crippen molar-refractivity contribution < 1.29 is 4.39 Å². The lowest BCUT2D eigenvalue weighted by atomic mass is 10.3. The number of aromatic nitrogens is 2. The largest absolute Gasteiger partial charge is 0.395 e. The van der Waals surface area contributed by atoms with E-state index in [4.69, 9.17) is 17.2 Å². The Balaban J connectivity index is 2.34. The van der Waals surface area contributed by atoms with E-state index < -0.39 is 5.82 Å². The molecule has 0 aliphatic rings. The third-order valence-electron chi connectivity index (χ3n) is 1.96. The summed E-state index contributed by atoms with van der Waals surface area (Å²) in [5.74, 6) is 0.0387. The van der Waals surface area contributed by atoms with Gasteiger partial charge in [0, 0.05) is 11.0 Å². The van der Waals surface area contributed by atoms with Crippen molar-refractivity contribution in [2.45, 2.75) is 10.1 Å². The first kappa shape index (κ1) is 11.5. The zero-order valence-corrected chi connectivity index (χ0v) is 9.54. The van der Waals surface area contributed by atoms with Gasteiger partial charge in [0.2, 0.25) is 0 Å². The molecule has 5 nitrogen and oxygen atoms in total. The lowest BCUT2D eigenvalue weighted by Gasteiger charge is -2.05. The topological polar surface area (TPSA) is 104 Å². The molecule has 6 N–H and O–H groups in total. The molecule has 0 aliphatic carbocycles. The molecule has 88 valence electrons. The number of nitrogens with two attached hydrogens (primary N) is 3. The molecular weight excluding hydrogens is 241 g/mol. The van der Waals surface area contributed by atoms with E-state index in [9.17, 15) is 4.39 Å². The lowest BCUT2D eigenvalue weighted by molar-refractivity contribution is 0.629. The van der Waals surface area contributed by atoms with Crippen LogP contribution in [0.5, 0.6) is 0 Å². The van der Waals surface area contributed by atoms with Crippen molar-refractivity contribution in [3.63, 3.8) is 0 Å². The summed E-state index contributed by atoms with van der Waals surface area (Å²) in [6, 6.07) is 5.96. The second kappa shape index (κ2) is 4.46. The van der Waals surface area contributed by atoms with Crippen molar-refractivity contribution in [1.82, 2.24) is 9.97 Å². The molecule has 0 unspecified atom stereocenters. The Bertz CT molecular complexity index is 540. The van der Waals surface area contributed by atoms with Gasteiger partial charge >= 0.3 is 0 Å². The van der Waals surface area contributed by atoms with E-state index in [1.807, 2.05) is 0 Å². The van der Waals surface area contributed by atoms with Crippen LogP contribution in [0.4, 0.5) is 21.7 Å². The predicted octanol–water partition coefficient (Wildman–Crippen LogP) is 1.51. The molecule has 0 radical (unpaired) electrons. The fourth-order valence-corrected chi connectivity index (χ4v) is 2.07. The van der Waals surface area contributed by atoms with Crippen molar-refractivity contribution in [2.24, 2.45) is 0 Å². The Morgan fingerprint density at radius 3 is 2.35 bits per heavy atom. The zero-order valence-electron chi connectivity index (χ0n) is 8.72. The molecule has 2 aromatic rings. The van der Waals surface area contributed by atoms with E-state index in [0.717, 1.165) is 11.8 Å². The summed E-state index contributed by atoms with van der Waals surface area (Å²) in [5.41, 5.74) is 16.7. The number of anilines is 3. The molecule has 17 heavy (non-hydrogen) atoms. The van der Waals surface area contributed by atoms with Crippen molar-refractivity contribution >= 4 is 29.1 Å². The highest BCUT2D eigenvalue weighted by atomic mass is 32.2. The molecular formula is C10H10FN5S. The zero-order chi connectivity index (χ0) is 12.4. The van der Waals surface area contributed by atoms with Crippen LogP contribution in [0, 0.1) is 5.82 Å². The van der Waals surface area contributed by atoms with Gasteiger partial charge in [0.15, 0.2) is 5.16 Å². The van der Waals surface area contributed by atoms with Crippen LogP contribution in [0.25, 0.3) is 0 Å². The van der Waals surface area contributed by atoms with Crippen molar-refractivity contribution in [3.8, 4) is 0 Å². The molecule has 0 aliphatic heterocycles. The first-order valence-corrected chi connectivity index (χ1v) is 5.50. The van der Waals surface area contributed by atoms with Crippen LogP contribution in [0.2, 0.25) is 0 Å². The van der Waals surface area contributed by atoms with Crippen LogP contribution in [0.3, 0.4) is 0 Å². The number of para-hydroxylation sites is 1. The van der Waals surface area contributed by atoms with Crippen LogP contribution in [0.1, 0.15) is 0 Å². The Hall–Kier alpha value is -2.02. The van der Waals surface area contributed by atoms with E-state index >= 15 is 0 Å². The average molecular weight is 251 g/mol. The second-order valence-corrected chi connectivity index (χ2v) is 4.26. The molecule has 2 rings (SSSR count). The van der Waals surface area contributed by atoms with Gasteiger partial charge in [-0.05, 0) is 23.9 Å². The molecule has 0 saturated heterocycles. The molecule has 0 spiro atoms. The minimum atomic E-state index is -0.480. The van der Waals surface area contributed by atoms with E-state index in [1.54, 1.807) is 12.1 Å². The first-order chi connectivity index (χ1) is 8.06. The fourth-order valence-electron chi connectivity index (χ4n) is 1.21. The summed E-state index contributed by atoms with van der Waals surface area (Å²) in [6.07, 6.45) is 0. The highest BCUT2D eigenvalue weighted by Crippen LogP contribution is 2.31. The van der Waals surface area contributed by atoms with Crippen LogP contribution in [-0.2, 0) is 0 Å². The first-order valence-electron chi connectivity index (χ1n) is 4.68. The summed E-state index contributed by atoms with van der Waals surface area (Å²) in [4.78, 5) is 8.47. The Kier molecular flexibility index (Phi) is 3.01. The SMILES string of the molecule is Nc1cc(N)nc(Sc2cccc(F)c2N)n1. The predicted molar refractivity (Wildman–Crippen MR) is 65.8 cm³/mol. The minimum absolute atomic E-state index is 0.0575. The third-order valence-corrected chi connectivity index (χ3v) is 2.90. The highest BCUT2D eigenvalue weighted by Gasteiger charge is 2.08. The van der Waals surface area contributed by atoms with Gasteiger partial charge < -0.3 is 17.2 Å². The van der Waals surface area contributed by atoms with Crippen molar-refractivity contribution in [1.29, 1.82) is 0 Å². The van der Waals surface area contributed by atoms with Gasteiger partial charge in [-0.25, -0.2) is 14.4 Å². The standard InChI is InChI=1S/C10H10FN5S/c11-5-2-1-3-6(9(5)14)17-10-15-7(12)4-8(13)16-10/h1-4H,14H2,(H4,12,13,15,16). The van der Waals surface area contributed by atoms with Crippen molar-refractivity contribution in [2.75, 3.05) is 17.2 Å². The minimum Gasteiger partial charge on any atom is -0.395 e. The van der Waals surface area contributed by atoms with Gasteiger partial charge in [0.05, 0.1) is 5.69 Å². The number of hydrogen-bond acceptors (Lipinski definition) is 6. The van der Waals surface area contributed by atoms with E-state index in [2.05, 4.69) is 9.97 Å². The molecule has 0 bridgehead atoms. The normalized spacial score (nSPS) is 10.4. The van der Waals surface area contributed by atoms with Gasteiger partial charge in [-0.3, -0.25) is 0 Å². The maximum atomic E-state index is 13.2. The van der Waals surface area contributed by atoms with Gasteiger partial charge in [0.25, 0.3) is 0 Å². The number of hydrogen-bond donors (Lipinski definition) is 3. The molecule has 0 fully saturated rings. The Morgan fingerprint density at radius 1 is 1.06 bits per heavy atom. The van der Waals surface area contributed by atoms with Gasteiger partial charge in [-0.15, -0.1) is 0 Å². The van der Waals surface area contributed by atoms with Crippen LogP contribution >= 0.6 is 11.8 Å². The molecule has 0 atom stereocenters. The molecule has 7 heteroatoms. The summed E-state index contributed by atoms with van der Waals surface area (Å²) in [5, 5.41) is 0.333. The van der Waals surface area contributed by atoms with Crippen LogP contribution < -0.4 is 17.2 Å². The number of nitrogens with zero attached hydrogens (tertiary/aromatic N) is 2. The monoisotopic (exact) mass is 251 g/mol. The number of benzene rings is 1. The molecule has 0 amide bonds. The lowest BCUT2D eigenvalue weighted by Crippen LogP contribution is -2.00. The maximum Gasteiger partial charge on any atom is 0.196 e. The maximum absolute atomic E-state index is 13.2. The summed E-state index contributed by atoms with van der Waals surface area (Å²) in [7, 11) is 0. The average Bonchev–Trinajstić information content (AvgIpc) is 2.23. The van der Waals surface area contributed by atoms with E-state index in [0.29, 0.717) is 10.1 Å². The molecule has 1 aromatic heterocycles. The summed E-state index contributed by atoms with van der Waals surface area (Å²) in [6.45, 7) is 0. The molecule has 1 aromatic carbocycles. The summed E-state index contributed by atoms with van der Waals surface area (Å²) < 4.78 is 13.2. The molecule has 1 heterocycles. The van der Waals surface area contributed by atoms with Gasteiger partial charge in [-0.2, -0.15) is 0 Å². The van der Waals surface area contributed by atoms with Gasteiger partial charge in [0.1, 0.15) is 17.5 Å². The Morgan fingerprint density at radius 2 is 1.71 bits per heavy atom. The smallest absolute Gasteiger partial charge is 0.196 e. The fraction of sp³-hybridized carbons (Fsp3) is 0. The number of halogens is 1. The van der Waals surface area contributed by atoms with E-state index in [1.165, 1.54) is 12.1 Å². The Labute approximate surface area is 101 Å². The molecule has 0 saturated carbocycles. The number of rotatable bonds is 2. The van der Waals surface area contributed by atoms with Crippen LogP contribution in [0.15, 0.2) is 34.3 Å². The quantitative estimate of drug-likeness (QED) is 0.552. The van der Waals surface area contributed by atoms with Gasteiger partial charge in [-0.1, -0.05) is 6.07 Å². The number of nitrogen functional groups attached to an aromatic ring is 3. The summed E-state index contributed by atoms with van der Waals surface area (Å²) >= 11 is 1.11. The highest BCUT2D eigenvalue weighted by molar-refractivity contribution is 7.99. The van der Waals surface area contributed by atoms with Crippen LogP contribution in [-0.4, -0.2) is 9.97 Å². The van der Waals surface area contributed by atoms with E-state index in [-0.39, 0.29) is 17.3 Å². The second-order valence-electron chi connectivity index (χ2n) is 3.25. The van der Waals surface area contributed by atoms with Crippen molar-refractivity contribution in [3.05, 3.63) is 30.1 Å².